The Morgan fingerprint density at radius 2 is 2.00 bits per heavy atom. The predicted molar refractivity (Wildman–Crippen MR) is 85.0 cm³/mol. The van der Waals surface area contributed by atoms with Crippen LogP contribution >= 0.6 is 0 Å². The van der Waals surface area contributed by atoms with Crippen LogP contribution in [0, 0.1) is 24.0 Å². The second-order valence-corrected chi connectivity index (χ2v) is 5.25. The first kappa shape index (κ1) is 15.0. The van der Waals surface area contributed by atoms with E-state index >= 15 is 0 Å². The highest BCUT2D eigenvalue weighted by Crippen LogP contribution is 2.38. The standard InChI is InChI=1S/C16H16N4O3/c1-4-13-18-19-16(23-13)15-9(2)14(10(3)17-15)11-7-5-6-8-12(11)20(21)22/h5-8,17H,4H2,1-3H3. The molecule has 0 aliphatic rings. The molecular formula is C16H16N4O3. The number of nitrogens with zero attached hydrogens (tertiary/aromatic N) is 3. The minimum Gasteiger partial charge on any atom is -0.419 e. The molecule has 0 unspecified atom stereocenters. The Bertz CT molecular complexity index is 879. The van der Waals surface area contributed by atoms with Crippen molar-refractivity contribution in [3.8, 4) is 22.7 Å². The van der Waals surface area contributed by atoms with Crippen LogP contribution in [0.1, 0.15) is 24.1 Å². The number of hydrogen-bond acceptors (Lipinski definition) is 5. The summed E-state index contributed by atoms with van der Waals surface area (Å²) in [5.41, 5.74) is 3.81. The number of hydrogen-bond donors (Lipinski definition) is 1. The van der Waals surface area contributed by atoms with Crippen molar-refractivity contribution in [2.45, 2.75) is 27.2 Å². The zero-order valence-corrected chi connectivity index (χ0v) is 13.1. The zero-order valence-electron chi connectivity index (χ0n) is 13.1. The third kappa shape index (κ3) is 2.50. The number of rotatable bonds is 4. The summed E-state index contributed by atoms with van der Waals surface area (Å²) in [7, 11) is 0. The van der Waals surface area contributed by atoms with E-state index in [2.05, 4.69) is 15.2 Å². The lowest BCUT2D eigenvalue weighted by Gasteiger charge is -2.04. The number of para-hydroxylation sites is 1. The van der Waals surface area contributed by atoms with Crippen LogP contribution < -0.4 is 0 Å². The molecule has 0 saturated carbocycles. The van der Waals surface area contributed by atoms with Crippen LogP contribution in [0.4, 0.5) is 5.69 Å². The molecule has 2 aromatic heterocycles. The number of nitro groups is 1. The number of nitrogens with one attached hydrogen (secondary N) is 1. The van der Waals surface area contributed by atoms with Gasteiger partial charge in [-0.05, 0) is 25.5 Å². The van der Waals surface area contributed by atoms with Crippen molar-refractivity contribution in [1.29, 1.82) is 0 Å². The van der Waals surface area contributed by atoms with Crippen LogP contribution in [0.15, 0.2) is 28.7 Å². The molecular weight excluding hydrogens is 296 g/mol. The van der Waals surface area contributed by atoms with Gasteiger partial charge in [0.15, 0.2) is 0 Å². The summed E-state index contributed by atoms with van der Waals surface area (Å²) in [6, 6.07) is 6.69. The van der Waals surface area contributed by atoms with Crippen LogP contribution in [-0.4, -0.2) is 20.1 Å². The molecule has 0 radical (unpaired) electrons. The number of aromatic amines is 1. The van der Waals surface area contributed by atoms with E-state index in [0.717, 1.165) is 16.8 Å². The molecule has 2 heterocycles. The van der Waals surface area contributed by atoms with E-state index in [0.29, 0.717) is 29.5 Å². The number of nitro benzene ring substituents is 1. The van der Waals surface area contributed by atoms with Crippen molar-refractivity contribution < 1.29 is 9.34 Å². The topological polar surface area (TPSA) is 97.8 Å². The molecule has 1 aromatic carbocycles. The number of aromatic nitrogens is 3. The van der Waals surface area contributed by atoms with Crippen molar-refractivity contribution in [1.82, 2.24) is 15.2 Å². The molecule has 0 fully saturated rings. The Morgan fingerprint density at radius 3 is 2.65 bits per heavy atom. The molecule has 3 rings (SSSR count). The third-order valence-corrected chi connectivity index (χ3v) is 3.79. The number of aryl methyl sites for hydroxylation is 2. The van der Waals surface area contributed by atoms with E-state index in [4.69, 9.17) is 4.42 Å². The summed E-state index contributed by atoms with van der Waals surface area (Å²) >= 11 is 0. The maximum atomic E-state index is 11.3. The van der Waals surface area contributed by atoms with Gasteiger partial charge < -0.3 is 9.40 Å². The smallest absolute Gasteiger partial charge is 0.277 e. The Labute approximate surface area is 132 Å². The monoisotopic (exact) mass is 312 g/mol. The molecule has 0 atom stereocenters. The molecule has 0 aliphatic heterocycles. The lowest BCUT2D eigenvalue weighted by atomic mass is 9.99. The third-order valence-electron chi connectivity index (χ3n) is 3.79. The molecule has 0 spiro atoms. The fourth-order valence-corrected chi connectivity index (χ4v) is 2.71. The summed E-state index contributed by atoms with van der Waals surface area (Å²) in [5, 5.41) is 19.3. The van der Waals surface area contributed by atoms with Crippen LogP contribution in [0.5, 0.6) is 0 Å². The highest BCUT2D eigenvalue weighted by Gasteiger charge is 2.23. The SMILES string of the molecule is CCc1nnc(-c2[nH]c(C)c(-c3ccccc3[N+](=O)[O-])c2C)o1. The van der Waals surface area contributed by atoms with Gasteiger partial charge in [0.1, 0.15) is 5.69 Å². The van der Waals surface area contributed by atoms with Crippen molar-refractivity contribution in [2.75, 3.05) is 0 Å². The van der Waals surface area contributed by atoms with Gasteiger partial charge >= 0.3 is 0 Å². The van der Waals surface area contributed by atoms with Gasteiger partial charge in [-0.25, -0.2) is 0 Å². The molecule has 0 saturated heterocycles. The Morgan fingerprint density at radius 1 is 1.26 bits per heavy atom. The van der Waals surface area contributed by atoms with Gasteiger partial charge in [-0.15, -0.1) is 10.2 Å². The molecule has 0 amide bonds. The van der Waals surface area contributed by atoms with E-state index in [9.17, 15) is 10.1 Å². The minimum absolute atomic E-state index is 0.0732. The average molecular weight is 312 g/mol. The molecule has 3 aromatic rings. The Balaban J connectivity index is 2.18. The highest BCUT2D eigenvalue weighted by molar-refractivity contribution is 5.82. The predicted octanol–water partition coefficient (Wildman–Crippen LogP) is 3.82. The van der Waals surface area contributed by atoms with Gasteiger partial charge in [-0.3, -0.25) is 10.1 Å². The quantitative estimate of drug-likeness (QED) is 0.583. The molecule has 0 aliphatic carbocycles. The van der Waals surface area contributed by atoms with Gasteiger partial charge in [0.25, 0.3) is 11.6 Å². The van der Waals surface area contributed by atoms with Crippen molar-refractivity contribution in [3.05, 3.63) is 51.5 Å². The van der Waals surface area contributed by atoms with Gasteiger partial charge in [-0.2, -0.15) is 0 Å². The van der Waals surface area contributed by atoms with E-state index in [-0.39, 0.29) is 10.6 Å². The van der Waals surface area contributed by atoms with Crippen molar-refractivity contribution in [2.24, 2.45) is 0 Å². The number of benzene rings is 1. The summed E-state index contributed by atoms with van der Waals surface area (Å²) < 4.78 is 5.59. The van der Waals surface area contributed by atoms with E-state index in [1.54, 1.807) is 18.2 Å². The van der Waals surface area contributed by atoms with E-state index in [1.165, 1.54) is 6.07 Å². The van der Waals surface area contributed by atoms with Crippen LogP contribution in [0.3, 0.4) is 0 Å². The van der Waals surface area contributed by atoms with Crippen LogP contribution in [0.25, 0.3) is 22.7 Å². The highest BCUT2D eigenvalue weighted by atomic mass is 16.6. The second-order valence-electron chi connectivity index (χ2n) is 5.25. The normalized spacial score (nSPS) is 10.9. The molecule has 7 nitrogen and oxygen atoms in total. The summed E-state index contributed by atoms with van der Waals surface area (Å²) in [5.74, 6) is 0.950. The van der Waals surface area contributed by atoms with Crippen LogP contribution in [0.2, 0.25) is 0 Å². The van der Waals surface area contributed by atoms with E-state index < -0.39 is 0 Å². The molecule has 23 heavy (non-hydrogen) atoms. The molecule has 1 N–H and O–H groups in total. The van der Waals surface area contributed by atoms with Gasteiger partial charge in [-0.1, -0.05) is 19.1 Å². The van der Waals surface area contributed by atoms with Gasteiger partial charge in [0.05, 0.1) is 10.5 Å². The van der Waals surface area contributed by atoms with Crippen LogP contribution in [-0.2, 0) is 6.42 Å². The summed E-state index contributed by atoms with van der Waals surface area (Å²) in [6.07, 6.45) is 0.656. The second kappa shape index (κ2) is 5.68. The van der Waals surface area contributed by atoms with Gasteiger partial charge in [0, 0.05) is 23.7 Å². The lowest BCUT2D eigenvalue weighted by molar-refractivity contribution is -0.384. The summed E-state index contributed by atoms with van der Waals surface area (Å²) in [4.78, 5) is 14.1. The first-order valence-corrected chi connectivity index (χ1v) is 7.28. The van der Waals surface area contributed by atoms with Crippen molar-refractivity contribution >= 4 is 5.69 Å². The van der Waals surface area contributed by atoms with Crippen molar-refractivity contribution in [3.63, 3.8) is 0 Å². The molecule has 0 bridgehead atoms. The first-order valence-electron chi connectivity index (χ1n) is 7.28. The maximum Gasteiger partial charge on any atom is 0.277 e. The minimum atomic E-state index is -0.372. The lowest BCUT2D eigenvalue weighted by Crippen LogP contribution is -1.92. The Hall–Kier alpha value is -2.96. The van der Waals surface area contributed by atoms with E-state index in [1.807, 2.05) is 20.8 Å². The summed E-state index contributed by atoms with van der Waals surface area (Å²) in [6.45, 7) is 5.70. The van der Waals surface area contributed by atoms with Gasteiger partial charge in [0.2, 0.25) is 5.89 Å². The molecule has 7 heteroatoms. The largest absolute Gasteiger partial charge is 0.419 e. The molecule has 118 valence electrons. The Kier molecular flexibility index (Phi) is 3.69. The fraction of sp³-hybridized carbons (Fsp3) is 0.250. The number of H-pyrrole nitrogens is 1. The fourth-order valence-electron chi connectivity index (χ4n) is 2.71. The first-order chi connectivity index (χ1) is 11.0. The maximum absolute atomic E-state index is 11.3. The zero-order chi connectivity index (χ0) is 16.6. The average Bonchev–Trinajstić information content (AvgIpc) is 3.11.